The van der Waals surface area contributed by atoms with Gasteiger partial charge in [-0.15, -0.1) is 0 Å². The molecule has 0 saturated carbocycles. The highest BCUT2D eigenvalue weighted by Crippen LogP contribution is 2.11. The van der Waals surface area contributed by atoms with Gasteiger partial charge in [-0.1, -0.05) is 0 Å². The van der Waals surface area contributed by atoms with Crippen LogP contribution < -0.4 is 0 Å². The van der Waals surface area contributed by atoms with Crippen LogP contribution in [0.25, 0.3) is 0 Å². The van der Waals surface area contributed by atoms with Crippen LogP contribution in [0, 0.1) is 0 Å². The molecule has 0 spiro atoms. The highest BCUT2D eigenvalue weighted by atomic mass is 16.5. The SMILES string of the molecule is CC(O)COCC1CCCO1. The maximum absolute atomic E-state index is 8.86. The summed E-state index contributed by atoms with van der Waals surface area (Å²) in [5, 5.41) is 8.86. The monoisotopic (exact) mass is 160 g/mol. The third-order valence-corrected chi connectivity index (χ3v) is 1.69. The molecule has 1 aliphatic heterocycles. The van der Waals surface area contributed by atoms with E-state index in [1.807, 2.05) is 0 Å². The van der Waals surface area contributed by atoms with E-state index in [9.17, 15) is 0 Å². The minimum Gasteiger partial charge on any atom is -0.391 e. The molecule has 0 aromatic carbocycles. The molecule has 66 valence electrons. The number of aliphatic hydroxyl groups is 1. The van der Waals surface area contributed by atoms with E-state index in [1.54, 1.807) is 6.92 Å². The molecule has 0 bridgehead atoms. The van der Waals surface area contributed by atoms with Crippen molar-refractivity contribution in [2.45, 2.75) is 32.0 Å². The second kappa shape index (κ2) is 4.70. The van der Waals surface area contributed by atoms with E-state index in [2.05, 4.69) is 0 Å². The zero-order valence-electron chi connectivity index (χ0n) is 6.95. The predicted molar refractivity (Wildman–Crippen MR) is 41.5 cm³/mol. The van der Waals surface area contributed by atoms with Crippen molar-refractivity contribution in [1.29, 1.82) is 0 Å². The quantitative estimate of drug-likeness (QED) is 0.653. The molecule has 1 aliphatic rings. The van der Waals surface area contributed by atoms with Gasteiger partial charge in [0.1, 0.15) is 0 Å². The minimum atomic E-state index is -0.364. The van der Waals surface area contributed by atoms with Gasteiger partial charge in [-0.2, -0.15) is 0 Å². The Morgan fingerprint density at radius 3 is 3.09 bits per heavy atom. The van der Waals surface area contributed by atoms with E-state index >= 15 is 0 Å². The van der Waals surface area contributed by atoms with E-state index in [1.165, 1.54) is 0 Å². The Kier molecular flexibility index (Phi) is 3.83. The standard InChI is InChI=1S/C8H16O3/c1-7(9)5-10-6-8-3-2-4-11-8/h7-9H,2-6H2,1H3. The second-order valence-electron chi connectivity index (χ2n) is 3.02. The Morgan fingerprint density at radius 1 is 1.73 bits per heavy atom. The molecular formula is C8H16O3. The van der Waals surface area contributed by atoms with Crippen molar-refractivity contribution in [1.82, 2.24) is 0 Å². The van der Waals surface area contributed by atoms with E-state index in [0.717, 1.165) is 19.4 Å². The molecule has 1 saturated heterocycles. The first-order chi connectivity index (χ1) is 5.29. The summed E-state index contributed by atoms with van der Waals surface area (Å²) in [6.07, 6.45) is 2.15. The van der Waals surface area contributed by atoms with Crippen LogP contribution in [0.5, 0.6) is 0 Å². The van der Waals surface area contributed by atoms with Crippen LogP contribution in [0.3, 0.4) is 0 Å². The molecule has 1 rings (SSSR count). The van der Waals surface area contributed by atoms with Crippen LogP contribution in [0.15, 0.2) is 0 Å². The van der Waals surface area contributed by atoms with Gasteiger partial charge < -0.3 is 14.6 Å². The molecule has 0 aromatic rings. The van der Waals surface area contributed by atoms with E-state index in [0.29, 0.717) is 13.2 Å². The maximum Gasteiger partial charge on any atom is 0.0809 e. The van der Waals surface area contributed by atoms with Gasteiger partial charge in [0.2, 0.25) is 0 Å². The molecule has 11 heavy (non-hydrogen) atoms. The summed E-state index contributed by atoms with van der Waals surface area (Å²) < 4.78 is 10.5. The lowest BCUT2D eigenvalue weighted by Crippen LogP contribution is -2.18. The van der Waals surface area contributed by atoms with Gasteiger partial charge >= 0.3 is 0 Å². The van der Waals surface area contributed by atoms with Crippen LogP contribution in [-0.2, 0) is 9.47 Å². The fourth-order valence-electron chi connectivity index (χ4n) is 1.15. The van der Waals surface area contributed by atoms with Crippen LogP contribution in [0.2, 0.25) is 0 Å². The molecule has 3 heteroatoms. The lowest BCUT2D eigenvalue weighted by Gasteiger charge is -2.10. The first-order valence-electron chi connectivity index (χ1n) is 4.16. The topological polar surface area (TPSA) is 38.7 Å². The predicted octanol–water partition coefficient (Wildman–Crippen LogP) is 0.563. The molecule has 3 nitrogen and oxygen atoms in total. The zero-order valence-corrected chi connectivity index (χ0v) is 6.95. The summed E-state index contributed by atoms with van der Waals surface area (Å²) in [4.78, 5) is 0. The molecule has 0 radical (unpaired) electrons. The fourth-order valence-corrected chi connectivity index (χ4v) is 1.15. The van der Waals surface area contributed by atoms with Gasteiger partial charge in [-0.05, 0) is 19.8 Å². The minimum absolute atomic E-state index is 0.272. The van der Waals surface area contributed by atoms with Crippen molar-refractivity contribution >= 4 is 0 Å². The highest BCUT2D eigenvalue weighted by Gasteiger charge is 2.15. The Labute approximate surface area is 67.3 Å². The van der Waals surface area contributed by atoms with Gasteiger partial charge in [0.15, 0.2) is 0 Å². The largest absolute Gasteiger partial charge is 0.391 e. The van der Waals surface area contributed by atoms with Crippen molar-refractivity contribution in [3.05, 3.63) is 0 Å². The molecular weight excluding hydrogens is 144 g/mol. The van der Waals surface area contributed by atoms with Crippen LogP contribution in [0.1, 0.15) is 19.8 Å². The van der Waals surface area contributed by atoms with E-state index in [4.69, 9.17) is 14.6 Å². The summed E-state index contributed by atoms with van der Waals surface area (Å²) in [5.41, 5.74) is 0. The maximum atomic E-state index is 8.86. The van der Waals surface area contributed by atoms with Crippen molar-refractivity contribution in [3.63, 3.8) is 0 Å². The van der Waals surface area contributed by atoms with Crippen LogP contribution >= 0.6 is 0 Å². The number of hydrogen-bond donors (Lipinski definition) is 1. The number of aliphatic hydroxyl groups excluding tert-OH is 1. The third kappa shape index (κ3) is 3.70. The average Bonchev–Trinajstić information content (AvgIpc) is 2.39. The van der Waals surface area contributed by atoms with Crippen molar-refractivity contribution in [2.75, 3.05) is 19.8 Å². The van der Waals surface area contributed by atoms with Crippen molar-refractivity contribution in [2.24, 2.45) is 0 Å². The van der Waals surface area contributed by atoms with Crippen LogP contribution in [-0.4, -0.2) is 37.1 Å². The molecule has 1 N–H and O–H groups in total. The van der Waals surface area contributed by atoms with Gasteiger partial charge in [-0.3, -0.25) is 0 Å². The van der Waals surface area contributed by atoms with Gasteiger partial charge in [0.05, 0.1) is 25.4 Å². The zero-order chi connectivity index (χ0) is 8.10. The summed E-state index contributed by atoms with van der Waals surface area (Å²) in [5.74, 6) is 0. The third-order valence-electron chi connectivity index (χ3n) is 1.69. The first kappa shape index (κ1) is 8.97. The van der Waals surface area contributed by atoms with Gasteiger partial charge in [-0.25, -0.2) is 0 Å². The first-order valence-corrected chi connectivity index (χ1v) is 4.16. The Hall–Kier alpha value is -0.120. The lowest BCUT2D eigenvalue weighted by atomic mass is 10.2. The smallest absolute Gasteiger partial charge is 0.0809 e. The van der Waals surface area contributed by atoms with E-state index in [-0.39, 0.29) is 12.2 Å². The molecule has 2 atom stereocenters. The summed E-state index contributed by atoms with van der Waals surface area (Å²) >= 11 is 0. The number of rotatable bonds is 4. The lowest BCUT2D eigenvalue weighted by molar-refractivity contribution is -0.0124. The molecule has 2 unspecified atom stereocenters. The Balaban J connectivity index is 1.94. The molecule has 0 amide bonds. The Bertz CT molecular complexity index is 97.5. The summed E-state index contributed by atoms with van der Waals surface area (Å²) in [6.45, 7) is 3.63. The van der Waals surface area contributed by atoms with Crippen LogP contribution in [0.4, 0.5) is 0 Å². The molecule has 1 fully saturated rings. The molecule has 0 aromatic heterocycles. The van der Waals surface area contributed by atoms with Gasteiger partial charge in [0.25, 0.3) is 0 Å². The molecule has 0 aliphatic carbocycles. The van der Waals surface area contributed by atoms with Crippen molar-refractivity contribution in [3.8, 4) is 0 Å². The Morgan fingerprint density at radius 2 is 2.55 bits per heavy atom. The van der Waals surface area contributed by atoms with Crippen molar-refractivity contribution < 1.29 is 14.6 Å². The fraction of sp³-hybridized carbons (Fsp3) is 1.00. The summed E-state index contributed by atoms with van der Waals surface area (Å²) in [6, 6.07) is 0. The highest BCUT2D eigenvalue weighted by molar-refractivity contribution is 4.63. The number of ether oxygens (including phenoxy) is 2. The molecule has 1 heterocycles. The van der Waals surface area contributed by atoms with E-state index < -0.39 is 0 Å². The average molecular weight is 160 g/mol. The second-order valence-corrected chi connectivity index (χ2v) is 3.02. The summed E-state index contributed by atoms with van der Waals surface area (Å²) in [7, 11) is 0. The number of hydrogen-bond acceptors (Lipinski definition) is 3. The van der Waals surface area contributed by atoms with Gasteiger partial charge in [0, 0.05) is 6.61 Å². The normalized spacial score (nSPS) is 27.3.